The van der Waals surface area contributed by atoms with Gasteiger partial charge in [-0.15, -0.1) is 0 Å². The van der Waals surface area contributed by atoms with Gasteiger partial charge in [-0.1, -0.05) is 17.7 Å². The molecule has 2 heterocycles. The number of nitrogens with one attached hydrogen (secondary N) is 1. The highest BCUT2D eigenvalue weighted by atomic mass is 16.5. The van der Waals surface area contributed by atoms with Gasteiger partial charge < -0.3 is 10.1 Å². The minimum absolute atomic E-state index is 0.862. The van der Waals surface area contributed by atoms with E-state index in [0.717, 1.165) is 41.5 Å². The van der Waals surface area contributed by atoms with Crippen molar-refractivity contribution in [2.45, 2.75) is 13.3 Å². The lowest BCUT2D eigenvalue weighted by molar-refractivity contribution is 0.415. The molecule has 0 fully saturated rings. The van der Waals surface area contributed by atoms with Crippen LogP contribution in [-0.2, 0) is 6.42 Å². The molecule has 1 aromatic heterocycles. The number of anilines is 1. The summed E-state index contributed by atoms with van der Waals surface area (Å²) in [6, 6.07) is 16.6. The Labute approximate surface area is 135 Å². The summed E-state index contributed by atoms with van der Waals surface area (Å²) in [5.74, 6) is 1.97. The third-order valence-electron chi connectivity index (χ3n) is 4.29. The van der Waals surface area contributed by atoms with Gasteiger partial charge in [-0.05, 0) is 49.7 Å². The van der Waals surface area contributed by atoms with Crippen LogP contribution in [-0.4, -0.2) is 23.4 Å². The maximum atomic E-state index is 5.25. The Morgan fingerprint density at radius 1 is 1.04 bits per heavy atom. The van der Waals surface area contributed by atoms with Crippen LogP contribution in [0, 0.1) is 6.92 Å². The van der Waals surface area contributed by atoms with Gasteiger partial charge in [0.1, 0.15) is 11.6 Å². The smallest absolute Gasteiger partial charge is 0.133 e. The van der Waals surface area contributed by atoms with Gasteiger partial charge in [-0.25, -0.2) is 4.68 Å². The predicted molar refractivity (Wildman–Crippen MR) is 92.5 cm³/mol. The molecule has 0 amide bonds. The number of fused-ring (bicyclic) bond motifs is 1. The number of hydrogen-bond acceptors (Lipinski definition) is 3. The maximum absolute atomic E-state index is 5.25. The molecule has 2 aromatic carbocycles. The summed E-state index contributed by atoms with van der Waals surface area (Å²) in [6.45, 7) is 3.06. The number of rotatable bonds is 3. The lowest BCUT2D eigenvalue weighted by Gasteiger charge is -2.06. The van der Waals surface area contributed by atoms with Crippen LogP contribution in [0.1, 0.15) is 11.1 Å². The quantitative estimate of drug-likeness (QED) is 0.799. The van der Waals surface area contributed by atoms with E-state index in [9.17, 15) is 0 Å². The first kappa shape index (κ1) is 13.9. The number of methoxy groups -OCH3 is 1. The fourth-order valence-corrected chi connectivity index (χ4v) is 3.03. The molecular weight excluding hydrogens is 286 g/mol. The molecule has 0 radical (unpaired) electrons. The molecule has 0 saturated carbocycles. The summed E-state index contributed by atoms with van der Waals surface area (Å²) in [5, 5.41) is 8.34. The number of hydrogen-bond donors (Lipinski definition) is 1. The zero-order valence-electron chi connectivity index (χ0n) is 13.3. The van der Waals surface area contributed by atoms with E-state index < -0.39 is 0 Å². The van der Waals surface area contributed by atoms with E-state index >= 15 is 0 Å². The Morgan fingerprint density at radius 3 is 2.48 bits per heavy atom. The number of aromatic nitrogens is 2. The van der Waals surface area contributed by atoms with Gasteiger partial charge in [0.2, 0.25) is 0 Å². The van der Waals surface area contributed by atoms with E-state index in [2.05, 4.69) is 48.6 Å². The molecule has 23 heavy (non-hydrogen) atoms. The molecule has 1 N–H and O–H groups in total. The minimum Gasteiger partial charge on any atom is -0.497 e. The summed E-state index contributed by atoms with van der Waals surface area (Å²) in [6.07, 6.45) is 1.00. The summed E-state index contributed by atoms with van der Waals surface area (Å²) < 4.78 is 7.26. The van der Waals surface area contributed by atoms with E-state index in [0.29, 0.717) is 0 Å². The van der Waals surface area contributed by atoms with Gasteiger partial charge in [0, 0.05) is 17.7 Å². The molecule has 0 unspecified atom stereocenters. The van der Waals surface area contributed by atoms with Crippen molar-refractivity contribution in [1.29, 1.82) is 0 Å². The highest BCUT2D eigenvalue weighted by Crippen LogP contribution is 2.35. The third-order valence-corrected chi connectivity index (χ3v) is 4.29. The van der Waals surface area contributed by atoms with Crippen molar-refractivity contribution in [3.63, 3.8) is 0 Å². The first-order valence-corrected chi connectivity index (χ1v) is 7.83. The van der Waals surface area contributed by atoms with E-state index in [4.69, 9.17) is 9.84 Å². The Morgan fingerprint density at radius 2 is 1.78 bits per heavy atom. The van der Waals surface area contributed by atoms with Gasteiger partial charge >= 0.3 is 0 Å². The van der Waals surface area contributed by atoms with E-state index in [1.807, 2.05) is 16.8 Å². The first-order chi connectivity index (χ1) is 11.3. The topological polar surface area (TPSA) is 39.1 Å². The van der Waals surface area contributed by atoms with Crippen LogP contribution in [0.5, 0.6) is 5.75 Å². The number of benzene rings is 2. The van der Waals surface area contributed by atoms with Gasteiger partial charge in [0.15, 0.2) is 0 Å². The Bertz CT molecular complexity index is 832. The van der Waals surface area contributed by atoms with Crippen molar-refractivity contribution >= 4 is 5.82 Å². The van der Waals surface area contributed by atoms with Gasteiger partial charge in [-0.2, -0.15) is 5.10 Å². The van der Waals surface area contributed by atoms with E-state index in [1.54, 1.807) is 7.11 Å². The van der Waals surface area contributed by atoms with E-state index in [-0.39, 0.29) is 0 Å². The molecule has 0 spiro atoms. The molecule has 0 aliphatic carbocycles. The highest BCUT2D eigenvalue weighted by Gasteiger charge is 2.23. The minimum atomic E-state index is 0.862. The van der Waals surface area contributed by atoms with Crippen molar-refractivity contribution in [3.8, 4) is 22.7 Å². The van der Waals surface area contributed by atoms with Crippen molar-refractivity contribution in [1.82, 2.24) is 9.78 Å². The highest BCUT2D eigenvalue weighted by molar-refractivity contribution is 5.73. The van der Waals surface area contributed by atoms with Crippen molar-refractivity contribution in [3.05, 3.63) is 59.7 Å². The van der Waals surface area contributed by atoms with Gasteiger partial charge in [0.25, 0.3) is 0 Å². The van der Waals surface area contributed by atoms with Gasteiger partial charge in [0.05, 0.1) is 18.5 Å². The zero-order chi connectivity index (χ0) is 15.8. The average molecular weight is 305 g/mol. The number of nitrogens with zero attached hydrogens (tertiary/aromatic N) is 2. The molecule has 0 atom stereocenters. The molecule has 4 heteroatoms. The average Bonchev–Trinajstić information content (AvgIpc) is 3.18. The van der Waals surface area contributed by atoms with Gasteiger partial charge in [-0.3, -0.25) is 0 Å². The van der Waals surface area contributed by atoms with Crippen LogP contribution in [0.4, 0.5) is 5.82 Å². The van der Waals surface area contributed by atoms with Crippen molar-refractivity contribution in [2.24, 2.45) is 0 Å². The lowest BCUT2D eigenvalue weighted by atomic mass is 10.1. The first-order valence-electron chi connectivity index (χ1n) is 7.83. The lowest BCUT2D eigenvalue weighted by Crippen LogP contribution is -2.04. The van der Waals surface area contributed by atoms with Crippen LogP contribution >= 0.6 is 0 Å². The second-order valence-electron chi connectivity index (χ2n) is 5.83. The Balaban J connectivity index is 1.82. The van der Waals surface area contributed by atoms with Crippen LogP contribution in [0.3, 0.4) is 0 Å². The molecule has 4 rings (SSSR count). The summed E-state index contributed by atoms with van der Waals surface area (Å²) >= 11 is 0. The largest absolute Gasteiger partial charge is 0.497 e. The predicted octanol–water partition coefficient (Wildman–Crippen LogP) is 3.82. The number of aryl methyl sites for hydroxylation is 1. The molecule has 0 bridgehead atoms. The molecule has 4 nitrogen and oxygen atoms in total. The SMILES string of the molecule is COc1ccc(-c2nn(-c3ccc(C)cc3)c3c2CCN3)cc1. The molecule has 1 aliphatic heterocycles. The van der Waals surface area contributed by atoms with Crippen molar-refractivity contribution in [2.75, 3.05) is 19.0 Å². The van der Waals surface area contributed by atoms with Crippen LogP contribution in [0.15, 0.2) is 48.5 Å². The van der Waals surface area contributed by atoms with Crippen LogP contribution < -0.4 is 10.1 Å². The standard InChI is InChI=1S/C19H19N3O/c1-13-3-7-15(8-4-13)22-19-17(11-12-20-19)18(21-22)14-5-9-16(23-2)10-6-14/h3-10,20H,11-12H2,1-2H3. The second-order valence-corrected chi connectivity index (χ2v) is 5.83. The third kappa shape index (κ3) is 2.36. The normalized spacial score (nSPS) is 12.8. The summed E-state index contributed by atoms with van der Waals surface area (Å²) in [5.41, 5.74) is 5.79. The second kappa shape index (κ2) is 5.47. The monoisotopic (exact) mass is 305 g/mol. The fraction of sp³-hybridized carbons (Fsp3) is 0.211. The van der Waals surface area contributed by atoms with Crippen LogP contribution in [0.2, 0.25) is 0 Å². The number of ether oxygens (including phenoxy) is 1. The molecule has 116 valence electrons. The zero-order valence-corrected chi connectivity index (χ0v) is 13.3. The van der Waals surface area contributed by atoms with Crippen LogP contribution in [0.25, 0.3) is 16.9 Å². The van der Waals surface area contributed by atoms with Crippen molar-refractivity contribution < 1.29 is 4.74 Å². The summed E-state index contributed by atoms with van der Waals surface area (Å²) in [4.78, 5) is 0. The molecule has 3 aromatic rings. The maximum Gasteiger partial charge on any atom is 0.133 e. The molecule has 1 aliphatic rings. The summed E-state index contributed by atoms with van der Waals surface area (Å²) in [7, 11) is 1.68. The van der Waals surface area contributed by atoms with E-state index in [1.165, 1.54) is 11.1 Å². The molecule has 0 saturated heterocycles. The fourth-order valence-electron chi connectivity index (χ4n) is 3.03. The molecular formula is C19H19N3O. The Kier molecular flexibility index (Phi) is 3.30. The Hall–Kier alpha value is -2.75.